The van der Waals surface area contributed by atoms with Gasteiger partial charge in [0.25, 0.3) is 5.17 Å². The number of phenols is 1. The Morgan fingerprint density at radius 1 is 1.34 bits per heavy atom. The molecular formula is C31H42N2O6S2. The summed E-state index contributed by atoms with van der Waals surface area (Å²) in [4.78, 5) is 14.0. The molecule has 0 radical (unpaired) electrons. The summed E-state index contributed by atoms with van der Waals surface area (Å²) >= 11 is 6.87. The first kappa shape index (κ1) is 31.4. The number of rotatable bonds is 11. The standard InChI is InChI=1S/C31H42N2O6S2/c1-6-7-8-9-19-13-22(35)26(21-12-17(4)10-11-20(21)16(2)3)23(14-19)39-31(40)32-15-24-27(30(37)38)33-28(36)25(18(5)34)29(33)41-24/h12-14,18,20-21,25,28-29,34-36H,2,6-11,15H2,1,3-5H3,(H,32,40)(H,37,38)/t18-,20+,21-,25+,28?,29?/m1/s1. The van der Waals surface area contributed by atoms with Crippen molar-refractivity contribution >= 4 is 35.1 Å². The van der Waals surface area contributed by atoms with Crippen LogP contribution in [0.3, 0.4) is 0 Å². The Morgan fingerprint density at radius 3 is 2.71 bits per heavy atom. The number of aliphatic hydroxyl groups is 2. The van der Waals surface area contributed by atoms with Gasteiger partial charge in [-0.15, -0.1) is 11.8 Å². The van der Waals surface area contributed by atoms with Crippen molar-refractivity contribution < 1.29 is 30.0 Å². The van der Waals surface area contributed by atoms with Crippen molar-refractivity contribution in [1.82, 2.24) is 10.2 Å². The van der Waals surface area contributed by atoms with Gasteiger partial charge in [-0.25, -0.2) is 4.79 Å². The highest BCUT2D eigenvalue weighted by Gasteiger charge is 2.57. The number of carboxylic acids is 1. The molecule has 0 bridgehead atoms. The van der Waals surface area contributed by atoms with Gasteiger partial charge in [-0.05, 0) is 82.3 Å². The number of allylic oxidation sites excluding steroid dienone is 3. The Kier molecular flexibility index (Phi) is 10.1. The van der Waals surface area contributed by atoms with Gasteiger partial charge in [-0.2, -0.15) is 0 Å². The van der Waals surface area contributed by atoms with Crippen molar-refractivity contribution in [3.8, 4) is 11.5 Å². The topological polar surface area (TPSA) is 122 Å². The molecule has 1 saturated heterocycles. The molecule has 1 aromatic rings. The maximum Gasteiger partial charge on any atom is 0.353 e. The summed E-state index contributed by atoms with van der Waals surface area (Å²) in [6.07, 6.45) is 6.23. The lowest BCUT2D eigenvalue weighted by molar-refractivity contribution is -0.167. The minimum atomic E-state index is -1.15. The third kappa shape index (κ3) is 6.61. The van der Waals surface area contributed by atoms with E-state index in [9.17, 15) is 25.2 Å². The number of carbonyl (C=O) groups is 1. The second kappa shape index (κ2) is 13.2. The lowest BCUT2D eigenvalue weighted by atomic mass is 9.73. The van der Waals surface area contributed by atoms with Crippen LogP contribution in [0.2, 0.25) is 0 Å². The Bertz CT molecular complexity index is 1260. The second-order valence-corrected chi connectivity index (χ2v) is 13.1. The van der Waals surface area contributed by atoms with Crippen LogP contribution in [0, 0.1) is 11.8 Å². The molecule has 6 atom stereocenters. The molecule has 8 nitrogen and oxygen atoms in total. The third-order valence-electron chi connectivity index (χ3n) is 8.34. The number of aliphatic hydroxyl groups excluding tert-OH is 2. The molecule has 2 unspecified atom stereocenters. The van der Waals surface area contributed by atoms with Crippen molar-refractivity contribution in [2.24, 2.45) is 11.8 Å². The van der Waals surface area contributed by atoms with Crippen LogP contribution in [0.25, 0.3) is 0 Å². The molecule has 41 heavy (non-hydrogen) atoms. The third-order valence-corrected chi connectivity index (χ3v) is 9.97. The Morgan fingerprint density at radius 2 is 2.07 bits per heavy atom. The molecule has 0 amide bonds. The highest BCUT2D eigenvalue weighted by Crippen LogP contribution is 2.52. The number of benzene rings is 1. The molecule has 4 rings (SSSR count). The zero-order valence-electron chi connectivity index (χ0n) is 24.2. The molecule has 0 saturated carbocycles. The van der Waals surface area contributed by atoms with Gasteiger partial charge in [0.1, 0.15) is 23.4 Å². The van der Waals surface area contributed by atoms with E-state index in [-0.39, 0.29) is 40.4 Å². The van der Waals surface area contributed by atoms with Gasteiger partial charge >= 0.3 is 5.97 Å². The van der Waals surface area contributed by atoms with Crippen LogP contribution in [0.15, 0.2) is 46.5 Å². The summed E-state index contributed by atoms with van der Waals surface area (Å²) < 4.78 is 6.21. The van der Waals surface area contributed by atoms with E-state index in [1.165, 1.54) is 22.2 Å². The number of phenolic OH excluding ortho intramolecular Hbond substituents is 1. The number of thioether (sulfide) groups is 1. The van der Waals surface area contributed by atoms with E-state index in [2.05, 4.69) is 31.8 Å². The number of hydrogen-bond acceptors (Lipinski definition) is 8. The first-order valence-corrected chi connectivity index (χ1v) is 15.6. The predicted molar refractivity (Wildman–Crippen MR) is 166 cm³/mol. The van der Waals surface area contributed by atoms with Crippen molar-refractivity contribution in [2.45, 2.75) is 89.8 Å². The molecule has 1 aromatic carbocycles. The van der Waals surface area contributed by atoms with Gasteiger partial charge in [0.05, 0.1) is 23.9 Å². The number of fused-ring (bicyclic) bond motifs is 1. The quantitative estimate of drug-likeness (QED) is 0.128. The van der Waals surface area contributed by atoms with E-state index in [0.29, 0.717) is 16.2 Å². The Balaban J connectivity index is 1.58. The average molecular weight is 603 g/mol. The van der Waals surface area contributed by atoms with Gasteiger partial charge in [-0.3, -0.25) is 0 Å². The summed E-state index contributed by atoms with van der Waals surface area (Å²) in [7, 11) is 0. The minimum Gasteiger partial charge on any atom is -0.507 e. The number of aryl methyl sites for hydroxylation is 1. The summed E-state index contributed by atoms with van der Waals surface area (Å²) in [5.74, 6) is -0.915. The number of ether oxygens (including phenoxy) is 1. The largest absolute Gasteiger partial charge is 0.507 e. The first-order valence-electron chi connectivity index (χ1n) is 14.4. The van der Waals surface area contributed by atoms with E-state index < -0.39 is 24.2 Å². The molecule has 0 spiro atoms. The number of unbranched alkanes of at least 4 members (excludes halogenated alkanes) is 2. The van der Waals surface area contributed by atoms with Crippen molar-refractivity contribution in [2.75, 3.05) is 6.54 Å². The van der Waals surface area contributed by atoms with E-state index in [0.717, 1.165) is 49.7 Å². The predicted octanol–water partition coefficient (Wildman–Crippen LogP) is 5.39. The van der Waals surface area contributed by atoms with Crippen LogP contribution in [-0.4, -0.2) is 60.7 Å². The number of thiocarbonyl (C=S) groups is 1. The minimum absolute atomic E-state index is 0.00285. The summed E-state index contributed by atoms with van der Waals surface area (Å²) in [6.45, 7) is 12.2. The van der Waals surface area contributed by atoms with E-state index in [1.807, 2.05) is 19.1 Å². The van der Waals surface area contributed by atoms with Crippen LogP contribution in [0.1, 0.15) is 76.8 Å². The van der Waals surface area contributed by atoms with Gasteiger partial charge in [-0.1, -0.05) is 43.6 Å². The van der Waals surface area contributed by atoms with Crippen LogP contribution in [0.4, 0.5) is 0 Å². The van der Waals surface area contributed by atoms with Gasteiger partial charge in [0, 0.05) is 16.4 Å². The average Bonchev–Trinajstić information content (AvgIpc) is 3.21. The van der Waals surface area contributed by atoms with E-state index >= 15 is 0 Å². The Labute approximate surface area is 252 Å². The molecule has 2 aliphatic heterocycles. The fraction of sp³-hybridized carbons (Fsp3) is 0.548. The van der Waals surface area contributed by atoms with Crippen LogP contribution in [0.5, 0.6) is 11.5 Å². The maximum absolute atomic E-state index is 12.1. The highest BCUT2D eigenvalue weighted by atomic mass is 32.2. The molecule has 1 aliphatic carbocycles. The summed E-state index contributed by atoms with van der Waals surface area (Å²) in [5.41, 5.74) is 3.94. The first-order chi connectivity index (χ1) is 19.4. The zero-order chi connectivity index (χ0) is 30.0. The Hall–Kier alpha value is -2.53. The fourth-order valence-electron chi connectivity index (χ4n) is 6.15. The number of aliphatic carboxylic acids is 1. The van der Waals surface area contributed by atoms with Crippen LogP contribution >= 0.6 is 24.0 Å². The summed E-state index contributed by atoms with van der Waals surface area (Å²) in [5, 5.41) is 44.4. The lowest BCUT2D eigenvalue weighted by Gasteiger charge is -2.50. The molecule has 2 heterocycles. The monoisotopic (exact) mass is 602 g/mol. The van der Waals surface area contributed by atoms with Crippen LogP contribution < -0.4 is 10.1 Å². The zero-order valence-corrected chi connectivity index (χ0v) is 25.9. The van der Waals surface area contributed by atoms with E-state index in [4.69, 9.17) is 17.0 Å². The number of aromatic hydroxyl groups is 1. The SMILES string of the molecule is C=C(C)[C@@H]1CCC(C)=C[C@H]1c1c(O)cc(CCCCC)cc1OC(=S)NCC1=C(C(=O)O)N2C(O)[C@H]([C@@H](C)O)C2S1. The molecule has 224 valence electrons. The lowest BCUT2D eigenvalue weighted by Crippen LogP contribution is -2.63. The smallest absolute Gasteiger partial charge is 0.353 e. The number of hydrogen-bond donors (Lipinski definition) is 5. The second-order valence-electron chi connectivity index (χ2n) is 11.5. The van der Waals surface area contributed by atoms with Gasteiger partial charge in [0.15, 0.2) is 0 Å². The molecule has 3 aliphatic rings. The normalized spacial score (nSPS) is 26.1. The molecule has 5 N–H and O–H groups in total. The van der Waals surface area contributed by atoms with Crippen molar-refractivity contribution in [3.05, 3.63) is 57.7 Å². The van der Waals surface area contributed by atoms with Crippen LogP contribution in [-0.2, 0) is 11.2 Å². The molecule has 10 heteroatoms. The van der Waals surface area contributed by atoms with Gasteiger partial charge in [0.2, 0.25) is 0 Å². The number of carboxylic acid groups (broad SMARTS) is 1. The van der Waals surface area contributed by atoms with Gasteiger partial charge < -0.3 is 35.4 Å². The highest BCUT2D eigenvalue weighted by molar-refractivity contribution is 8.04. The fourth-order valence-corrected chi connectivity index (χ4v) is 7.94. The van der Waals surface area contributed by atoms with E-state index in [1.54, 1.807) is 6.92 Å². The van der Waals surface area contributed by atoms with Crippen molar-refractivity contribution in [1.29, 1.82) is 0 Å². The molecular weight excluding hydrogens is 560 g/mol. The number of nitrogens with one attached hydrogen (secondary N) is 1. The maximum atomic E-state index is 12.1. The van der Waals surface area contributed by atoms with Crippen molar-refractivity contribution in [3.63, 3.8) is 0 Å². The summed E-state index contributed by atoms with van der Waals surface area (Å²) in [6, 6.07) is 3.78. The molecule has 1 fully saturated rings. The number of nitrogens with zero attached hydrogens (tertiary/aromatic N) is 1. The molecule has 0 aromatic heterocycles.